The molecule has 1 aromatic carbocycles. The largest absolute Gasteiger partial charge is 0.457 e. The Balaban J connectivity index is 1.88. The van der Waals surface area contributed by atoms with Gasteiger partial charge in [-0.25, -0.2) is 0 Å². The number of rotatable bonds is 7. The van der Waals surface area contributed by atoms with Crippen LogP contribution in [0.4, 0.5) is 0 Å². The average Bonchev–Trinajstić information content (AvgIpc) is 3.20. The Kier molecular flexibility index (Phi) is 7.11. The van der Waals surface area contributed by atoms with Crippen molar-refractivity contribution in [3.05, 3.63) is 63.9 Å². The van der Waals surface area contributed by atoms with Crippen LogP contribution in [0.1, 0.15) is 33.0 Å². The summed E-state index contributed by atoms with van der Waals surface area (Å²) in [4.78, 5) is 26.8. The molecule has 0 bridgehead atoms. The van der Waals surface area contributed by atoms with Gasteiger partial charge < -0.3 is 9.15 Å². The van der Waals surface area contributed by atoms with E-state index in [0.29, 0.717) is 35.1 Å². The van der Waals surface area contributed by atoms with E-state index in [1.165, 1.54) is 0 Å². The molecule has 0 N–H and O–H groups in total. The van der Waals surface area contributed by atoms with Gasteiger partial charge in [-0.15, -0.1) is 0 Å². The molecular formula is C24H23ClN2O4. The third-order valence-corrected chi connectivity index (χ3v) is 5.10. The van der Waals surface area contributed by atoms with Crippen molar-refractivity contribution in [2.45, 2.75) is 33.3 Å². The van der Waals surface area contributed by atoms with Crippen LogP contribution in [-0.4, -0.2) is 36.0 Å². The molecule has 6 nitrogen and oxygen atoms in total. The average molecular weight is 439 g/mol. The van der Waals surface area contributed by atoms with E-state index in [1.54, 1.807) is 37.3 Å². The number of hydrogen-bond donors (Lipinski definition) is 0. The van der Waals surface area contributed by atoms with Crippen molar-refractivity contribution < 1.29 is 18.7 Å². The topological polar surface area (TPSA) is 83.5 Å². The summed E-state index contributed by atoms with van der Waals surface area (Å²) in [5, 5.41) is 10.1. The van der Waals surface area contributed by atoms with E-state index < -0.39 is 11.8 Å². The van der Waals surface area contributed by atoms with Gasteiger partial charge in [0, 0.05) is 29.3 Å². The van der Waals surface area contributed by atoms with Gasteiger partial charge in [0.2, 0.25) is 0 Å². The van der Waals surface area contributed by atoms with Crippen molar-refractivity contribution in [3.63, 3.8) is 0 Å². The highest BCUT2D eigenvalue weighted by atomic mass is 35.5. The molecule has 3 rings (SSSR count). The first kappa shape index (κ1) is 22.5. The molecule has 7 heteroatoms. The summed E-state index contributed by atoms with van der Waals surface area (Å²) in [5.41, 5.74) is 1.41. The number of imide groups is 1. The number of furan rings is 1. The third kappa shape index (κ3) is 5.13. The van der Waals surface area contributed by atoms with Crippen LogP contribution in [-0.2, 0) is 14.3 Å². The molecule has 31 heavy (non-hydrogen) atoms. The SMILES string of the molecule is CC1=C(C#N)C(=O)N(CCCOC(C)C)C(=O)/C1=C/c1ccc(-c2ccc(Cl)cc2)o1. The number of carbonyl (C=O) groups is 2. The van der Waals surface area contributed by atoms with E-state index in [-0.39, 0.29) is 23.8 Å². The van der Waals surface area contributed by atoms with E-state index in [0.717, 1.165) is 10.5 Å². The zero-order valence-corrected chi connectivity index (χ0v) is 18.4. The van der Waals surface area contributed by atoms with Crippen molar-refractivity contribution in [2.75, 3.05) is 13.2 Å². The van der Waals surface area contributed by atoms with Crippen LogP contribution in [0.3, 0.4) is 0 Å². The zero-order chi connectivity index (χ0) is 22.5. The van der Waals surface area contributed by atoms with Crippen LogP contribution in [0.2, 0.25) is 5.02 Å². The first-order valence-electron chi connectivity index (χ1n) is 9.98. The van der Waals surface area contributed by atoms with Crippen molar-refractivity contribution in [3.8, 4) is 17.4 Å². The number of benzene rings is 1. The van der Waals surface area contributed by atoms with Crippen LogP contribution in [0.15, 0.2) is 57.5 Å². The zero-order valence-electron chi connectivity index (χ0n) is 17.6. The highest BCUT2D eigenvalue weighted by Gasteiger charge is 2.35. The Morgan fingerprint density at radius 3 is 2.52 bits per heavy atom. The highest BCUT2D eigenvalue weighted by molar-refractivity contribution is 6.30. The van der Waals surface area contributed by atoms with Crippen LogP contribution in [0.25, 0.3) is 17.4 Å². The van der Waals surface area contributed by atoms with Crippen LogP contribution in [0.5, 0.6) is 0 Å². The molecule has 1 aromatic heterocycles. The quantitative estimate of drug-likeness (QED) is 0.345. The summed E-state index contributed by atoms with van der Waals surface area (Å²) in [6.45, 7) is 6.02. The van der Waals surface area contributed by atoms with Gasteiger partial charge in [0.1, 0.15) is 23.2 Å². The second kappa shape index (κ2) is 9.78. The molecule has 0 spiro atoms. The van der Waals surface area contributed by atoms with Gasteiger partial charge in [-0.2, -0.15) is 5.26 Å². The van der Waals surface area contributed by atoms with Gasteiger partial charge in [0.25, 0.3) is 11.8 Å². The monoisotopic (exact) mass is 438 g/mol. The Morgan fingerprint density at radius 1 is 1.16 bits per heavy atom. The molecule has 0 fully saturated rings. The molecule has 2 heterocycles. The predicted molar refractivity (Wildman–Crippen MR) is 118 cm³/mol. The number of carbonyl (C=O) groups excluding carboxylic acids is 2. The molecule has 1 aliphatic heterocycles. The number of nitriles is 1. The molecule has 0 aliphatic carbocycles. The molecule has 2 amide bonds. The van der Waals surface area contributed by atoms with Crippen molar-refractivity contribution in [2.24, 2.45) is 0 Å². The lowest BCUT2D eigenvalue weighted by atomic mass is 9.94. The molecule has 1 aliphatic rings. The minimum atomic E-state index is -0.576. The predicted octanol–water partition coefficient (Wildman–Crippen LogP) is 5.01. The number of nitrogens with zero attached hydrogens (tertiary/aromatic N) is 2. The van der Waals surface area contributed by atoms with Gasteiger partial charge in [0.05, 0.1) is 6.10 Å². The summed E-state index contributed by atoms with van der Waals surface area (Å²) in [5.74, 6) is 0.0403. The number of halogens is 1. The summed E-state index contributed by atoms with van der Waals surface area (Å²) >= 11 is 5.93. The van der Waals surface area contributed by atoms with Gasteiger partial charge >= 0.3 is 0 Å². The maximum absolute atomic E-state index is 13.1. The first-order chi connectivity index (χ1) is 14.8. The van der Waals surface area contributed by atoms with Crippen molar-refractivity contribution in [1.29, 1.82) is 5.26 Å². The van der Waals surface area contributed by atoms with E-state index in [2.05, 4.69) is 0 Å². The van der Waals surface area contributed by atoms with Gasteiger partial charge in [0.15, 0.2) is 0 Å². The fourth-order valence-electron chi connectivity index (χ4n) is 3.22. The summed E-state index contributed by atoms with van der Waals surface area (Å²) < 4.78 is 11.4. The molecule has 0 saturated carbocycles. The maximum atomic E-state index is 13.1. The van der Waals surface area contributed by atoms with Gasteiger partial charge in [-0.05, 0) is 75.2 Å². The van der Waals surface area contributed by atoms with Crippen LogP contribution < -0.4 is 0 Å². The lowest BCUT2D eigenvalue weighted by Crippen LogP contribution is -2.43. The smallest absolute Gasteiger partial charge is 0.271 e. The minimum absolute atomic E-state index is 0.0416. The van der Waals surface area contributed by atoms with E-state index in [9.17, 15) is 14.9 Å². The van der Waals surface area contributed by atoms with Crippen molar-refractivity contribution >= 4 is 29.5 Å². The Morgan fingerprint density at radius 2 is 1.87 bits per heavy atom. The molecule has 0 unspecified atom stereocenters. The van der Waals surface area contributed by atoms with E-state index in [4.69, 9.17) is 20.8 Å². The van der Waals surface area contributed by atoms with Crippen LogP contribution in [0, 0.1) is 11.3 Å². The fourth-order valence-corrected chi connectivity index (χ4v) is 3.34. The van der Waals surface area contributed by atoms with Gasteiger partial charge in [-0.1, -0.05) is 11.6 Å². The van der Waals surface area contributed by atoms with E-state index in [1.807, 2.05) is 32.0 Å². The lowest BCUT2D eigenvalue weighted by Gasteiger charge is -2.27. The normalized spacial score (nSPS) is 15.9. The lowest BCUT2D eigenvalue weighted by molar-refractivity contribution is -0.140. The summed E-state index contributed by atoms with van der Waals surface area (Å²) in [6, 6.07) is 12.7. The number of ether oxygens (including phenoxy) is 1. The minimum Gasteiger partial charge on any atom is -0.457 e. The molecule has 0 radical (unpaired) electrons. The second-order valence-electron chi connectivity index (χ2n) is 7.41. The Bertz CT molecular complexity index is 1090. The van der Waals surface area contributed by atoms with E-state index >= 15 is 0 Å². The Hall–Kier alpha value is -3.14. The molecular weight excluding hydrogens is 416 g/mol. The number of hydrogen-bond acceptors (Lipinski definition) is 5. The first-order valence-corrected chi connectivity index (χ1v) is 10.4. The molecule has 160 valence electrons. The molecule has 0 saturated heterocycles. The summed E-state index contributed by atoms with van der Waals surface area (Å²) in [6.07, 6.45) is 2.12. The highest BCUT2D eigenvalue weighted by Crippen LogP contribution is 2.29. The molecule has 0 atom stereocenters. The standard InChI is InChI=1S/C24H23ClN2O4/c1-15(2)30-12-4-11-27-23(28)20(16(3)21(14-26)24(27)29)13-19-9-10-22(31-19)17-5-7-18(25)8-6-17/h5-10,13,15H,4,11-12H2,1-3H3/b20-13+. The number of amides is 2. The van der Waals surface area contributed by atoms with Gasteiger partial charge in [-0.3, -0.25) is 14.5 Å². The second-order valence-corrected chi connectivity index (χ2v) is 7.85. The Labute approximate surface area is 186 Å². The fraction of sp³-hybridized carbons (Fsp3) is 0.292. The maximum Gasteiger partial charge on any atom is 0.271 e. The van der Waals surface area contributed by atoms with Crippen molar-refractivity contribution in [1.82, 2.24) is 4.90 Å². The summed E-state index contributed by atoms with van der Waals surface area (Å²) in [7, 11) is 0. The molecule has 2 aromatic rings. The van der Waals surface area contributed by atoms with Crippen LogP contribution >= 0.6 is 11.6 Å². The third-order valence-electron chi connectivity index (χ3n) is 4.84.